The van der Waals surface area contributed by atoms with Crippen LogP contribution in [0.25, 0.3) is 0 Å². The van der Waals surface area contributed by atoms with Gasteiger partial charge in [0.15, 0.2) is 0 Å². The second kappa shape index (κ2) is 3.94. The van der Waals surface area contributed by atoms with Crippen LogP contribution in [0.1, 0.15) is 32.6 Å². The summed E-state index contributed by atoms with van der Waals surface area (Å²) in [5, 5.41) is 8.46. The van der Waals surface area contributed by atoms with Gasteiger partial charge in [-0.1, -0.05) is 6.92 Å². The molecule has 0 saturated heterocycles. The van der Waals surface area contributed by atoms with Gasteiger partial charge in [0.2, 0.25) is 0 Å². The highest BCUT2D eigenvalue weighted by molar-refractivity contribution is 4.69. The summed E-state index contributed by atoms with van der Waals surface area (Å²) in [6.45, 7) is 2.16. The van der Waals surface area contributed by atoms with Crippen LogP contribution >= 0.6 is 0 Å². The predicted octanol–water partition coefficient (Wildman–Crippen LogP) is 1.53. The monoisotopic (exact) mass is 144 g/mol. The smallest absolute Gasteiger partial charge is 0.143 e. The highest BCUT2D eigenvalue weighted by Gasteiger charge is 2.17. The Kier molecular flexibility index (Phi) is 3.16. The lowest BCUT2D eigenvalue weighted by Crippen LogP contribution is -2.20. The van der Waals surface area contributed by atoms with E-state index in [4.69, 9.17) is 9.84 Å². The zero-order valence-corrected chi connectivity index (χ0v) is 6.55. The summed E-state index contributed by atoms with van der Waals surface area (Å²) < 4.78 is 5.09. The zero-order chi connectivity index (χ0) is 7.40. The van der Waals surface area contributed by atoms with Gasteiger partial charge in [-0.05, 0) is 31.6 Å². The molecule has 0 aromatic heterocycles. The van der Waals surface area contributed by atoms with E-state index in [0.717, 1.165) is 18.8 Å². The molecule has 0 aromatic carbocycles. The minimum absolute atomic E-state index is 0.112. The summed E-state index contributed by atoms with van der Waals surface area (Å²) in [5.74, 6) is 0.860. The largest absolute Gasteiger partial charge is 0.371 e. The predicted molar refractivity (Wildman–Crippen MR) is 39.6 cm³/mol. The Morgan fingerprint density at radius 1 is 1.30 bits per heavy atom. The number of hydrogen-bond acceptors (Lipinski definition) is 2. The molecule has 0 aliphatic heterocycles. The van der Waals surface area contributed by atoms with Crippen molar-refractivity contribution in [3.8, 4) is 0 Å². The van der Waals surface area contributed by atoms with E-state index >= 15 is 0 Å². The molecule has 10 heavy (non-hydrogen) atoms. The van der Waals surface area contributed by atoms with Gasteiger partial charge in [0.1, 0.15) is 6.79 Å². The molecule has 2 heteroatoms. The van der Waals surface area contributed by atoms with Crippen LogP contribution in [0.2, 0.25) is 0 Å². The molecule has 0 amide bonds. The number of aliphatic hydroxyl groups excluding tert-OH is 1. The van der Waals surface area contributed by atoms with Gasteiger partial charge in [-0.2, -0.15) is 0 Å². The van der Waals surface area contributed by atoms with Crippen LogP contribution in [0.15, 0.2) is 0 Å². The fourth-order valence-corrected chi connectivity index (χ4v) is 1.50. The van der Waals surface area contributed by atoms with Crippen LogP contribution in [0, 0.1) is 5.92 Å². The summed E-state index contributed by atoms with van der Waals surface area (Å²) >= 11 is 0. The molecule has 0 aromatic rings. The van der Waals surface area contributed by atoms with Crippen LogP contribution in [-0.4, -0.2) is 18.0 Å². The molecule has 0 bridgehead atoms. The molecule has 0 heterocycles. The van der Waals surface area contributed by atoms with Gasteiger partial charge >= 0.3 is 0 Å². The summed E-state index contributed by atoms with van der Waals surface area (Å²) in [6, 6.07) is 0. The first-order valence-electron chi connectivity index (χ1n) is 4.05. The molecular formula is C8H16O2. The third-order valence-corrected chi connectivity index (χ3v) is 2.27. The molecular weight excluding hydrogens is 128 g/mol. The van der Waals surface area contributed by atoms with Gasteiger partial charge in [0.05, 0.1) is 6.10 Å². The van der Waals surface area contributed by atoms with Crippen LogP contribution in [-0.2, 0) is 4.74 Å². The molecule has 0 spiro atoms. The minimum atomic E-state index is -0.112. The fourth-order valence-electron chi connectivity index (χ4n) is 1.50. The fraction of sp³-hybridized carbons (Fsp3) is 1.00. The van der Waals surface area contributed by atoms with E-state index in [1.54, 1.807) is 0 Å². The first-order chi connectivity index (χ1) is 4.83. The lowest BCUT2D eigenvalue weighted by molar-refractivity contribution is -0.0663. The van der Waals surface area contributed by atoms with E-state index in [0.29, 0.717) is 6.10 Å². The number of aliphatic hydroxyl groups is 1. The van der Waals surface area contributed by atoms with Gasteiger partial charge in [-0.3, -0.25) is 0 Å². The average molecular weight is 144 g/mol. The lowest BCUT2D eigenvalue weighted by Gasteiger charge is -2.25. The molecule has 1 fully saturated rings. The lowest BCUT2D eigenvalue weighted by atomic mass is 9.89. The minimum Gasteiger partial charge on any atom is -0.371 e. The van der Waals surface area contributed by atoms with Gasteiger partial charge < -0.3 is 9.84 Å². The molecule has 0 unspecified atom stereocenters. The zero-order valence-electron chi connectivity index (χ0n) is 6.55. The van der Waals surface area contributed by atoms with Crippen molar-refractivity contribution in [2.24, 2.45) is 5.92 Å². The quantitative estimate of drug-likeness (QED) is 0.595. The molecule has 1 N–H and O–H groups in total. The van der Waals surface area contributed by atoms with Gasteiger partial charge in [0.25, 0.3) is 0 Å². The molecule has 0 atom stereocenters. The van der Waals surface area contributed by atoms with Crippen LogP contribution in [0.4, 0.5) is 0 Å². The van der Waals surface area contributed by atoms with Gasteiger partial charge in [0, 0.05) is 0 Å². The van der Waals surface area contributed by atoms with Gasteiger partial charge in [-0.25, -0.2) is 0 Å². The van der Waals surface area contributed by atoms with Crippen molar-refractivity contribution in [1.82, 2.24) is 0 Å². The summed E-state index contributed by atoms with van der Waals surface area (Å²) in [7, 11) is 0. The van der Waals surface area contributed by atoms with E-state index in [1.165, 1.54) is 12.8 Å². The van der Waals surface area contributed by atoms with E-state index in [2.05, 4.69) is 6.92 Å². The third-order valence-electron chi connectivity index (χ3n) is 2.27. The highest BCUT2D eigenvalue weighted by Crippen LogP contribution is 2.24. The molecule has 1 saturated carbocycles. The number of ether oxygens (including phenoxy) is 1. The number of hydrogen-bond donors (Lipinski definition) is 1. The maximum absolute atomic E-state index is 8.46. The Hall–Kier alpha value is -0.0800. The Labute approximate surface area is 62.2 Å². The Balaban J connectivity index is 2.13. The summed E-state index contributed by atoms with van der Waals surface area (Å²) in [5.41, 5.74) is 0. The molecule has 2 nitrogen and oxygen atoms in total. The van der Waals surface area contributed by atoms with Crippen molar-refractivity contribution in [2.75, 3.05) is 6.79 Å². The van der Waals surface area contributed by atoms with E-state index < -0.39 is 0 Å². The highest BCUT2D eigenvalue weighted by atomic mass is 16.6. The van der Waals surface area contributed by atoms with Crippen LogP contribution < -0.4 is 0 Å². The van der Waals surface area contributed by atoms with E-state index in [-0.39, 0.29) is 6.79 Å². The van der Waals surface area contributed by atoms with Crippen molar-refractivity contribution in [3.05, 3.63) is 0 Å². The normalized spacial score (nSPS) is 34.2. The molecule has 1 aliphatic rings. The maximum atomic E-state index is 8.46. The third kappa shape index (κ3) is 2.27. The second-order valence-corrected chi connectivity index (χ2v) is 3.18. The van der Waals surface area contributed by atoms with Crippen molar-refractivity contribution in [1.29, 1.82) is 0 Å². The Bertz CT molecular complexity index is 85.3. The topological polar surface area (TPSA) is 29.5 Å². The van der Waals surface area contributed by atoms with Crippen molar-refractivity contribution < 1.29 is 9.84 Å². The van der Waals surface area contributed by atoms with E-state index in [9.17, 15) is 0 Å². The van der Waals surface area contributed by atoms with Crippen LogP contribution in [0.5, 0.6) is 0 Å². The van der Waals surface area contributed by atoms with Crippen LogP contribution in [0.3, 0.4) is 0 Å². The average Bonchev–Trinajstić information content (AvgIpc) is 1.95. The molecule has 1 aliphatic carbocycles. The summed E-state index contributed by atoms with van der Waals surface area (Å²) in [4.78, 5) is 0. The Morgan fingerprint density at radius 3 is 2.40 bits per heavy atom. The Morgan fingerprint density at radius 2 is 1.90 bits per heavy atom. The van der Waals surface area contributed by atoms with Crippen molar-refractivity contribution in [2.45, 2.75) is 38.7 Å². The standard InChI is InChI=1S/C8H16O2/c1-7-2-4-8(5-3-7)10-6-9/h7-9H,2-6H2,1H3. The maximum Gasteiger partial charge on any atom is 0.143 e. The number of rotatable bonds is 2. The van der Waals surface area contributed by atoms with E-state index in [1.807, 2.05) is 0 Å². The molecule has 0 radical (unpaired) electrons. The first-order valence-corrected chi connectivity index (χ1v) is 4.05. The summed E-state index contributed by atoms with van der Waals surface area (Å²) in [6.07, 6.45) is 5.10. The van der Waals surface area contributed by atoms with Crippen molar-refractivity contribution >= 4 is 0 Å². The van der Waals surface area contributed by atoms with Crippen molar-refractivity contribution in [3.63, 3.8) is 0 Å². The van der Waals surface area contributed by atoms with Gasteiger partial charge in [-0.15, -0.1) is 0 Å². The SMILES string of the molecule is CC1CCC(OCO)CC1. The molecule has 60 valence electrons. The first kappa shape index (κ1) is 8.02. The molecule has 1 rings (SSSR count). The second-order valence-electron chi connectivity index (χ2n) is 3.18.